The minimum Gasteiger partial charge on any atom is -0.380 e. The number of piperidine rings is 2. The SMILES string of the molecule is O=C(NC1CCN(CCN2CCC3(CC2)COC3)CC1)c1ccc2nc(NCC(F)(F)F)cc(C(F)(F)F)c2n1. The van der Waals surface area contributed by atoms with Crippen LogP contribution in [0.15, 0.2) is 18.2 Å². The molecule has 3 saturated heterocycles. The van der Waals surface area contributed by atoms with Crippen LogP contribution < -0.4 is 10.6 Å². The first-order valence-electron chi connectivity index (χ1n) is 13.4. The molecular formula is C26H32F6N6O2. The molecule has 0 unspecified atom stereocenters. The van der Waals surface area contributed by atoms with Crippen LogP contribution in [0.5, 0.6) is 0 Å². The van der Waals surface area contributed by atoms with Gasteiger partial charge >= 0.3 is 12.4 Å². The fourth-order valence-electron chi connectivity index (χ4n) is 5.50. The Morgan fingerprint density at radius 3 is 2.20 bits per heavy atom. The van der Waals surface area contributed by atoms with Gasteiger partial charge in [0.2, 0.25) is 0 Å². The first-order chi connectivity index (χ1) is 18.9. The molecule has 5 heterocycles. The lowest BCUT2D eigenvalue weighted by molar-refractivity contribution is -0.139. The van der Waals surface area contributed by atoms with Gasteiger partial charge in [-0.2, -0.15) is 26.3 Å². The fourth-order valence-corrected chi connectivity index (χ4v) is 5.50. The summed E-state index contributed by atoms with van der Waals surface area (Å²) in [7, 11) is 0. The minimum absolute atomic E-state index is 0.135. The zero-order chi connectivity index (χ0) is 28.5. The second-order valence-corrected chi connectivity index (χ2v) is 11.0. The van der Waals surface area contributed by atoms with E-state index in [9.17, 15) is 31.1 Å². The highest BCUT2D eigenvalue weighted by atomic mass is 19.4. The number of nitrogens with zero attached hydrogens (tertiary/aromatic N) is 4. The van der Waals surface area contributed by atoms with Gasteiger partial charge in [0.15, 0.2) is 0 Å². The molecule has 2 aromatic rings. The number of carbonyl (C=O) groups is 1. The van der Waals surface area contributed by atoms with Crippen molar-refractivity contribution < 1.29 is 35.9 Å². The second kappa shape index (κ2) is 11.3. The van der Waals surface area contributed by atoms with E-state index in [4.69, 9.17) is 4.74 Å². The van der Waals surface area contributed by atoms with Gasteiger partial charge in [-0.05, 0) is 57.0 Å². The Morgan fingerprint density at radius 2 is 1.62 bits per heavy atom. The summed E-state index contributed by atoms with van der Waals surface area (Å²) in [6.45, 7) is 5.97. The molecule has 1 amide bonds. The number of halogens is 6. The average molecular weight is 575 g/mol. The van der Waals surface area contributed by atoms with Crippen LogP contribution in [0.2, 0.25) is 0 Å². The summed E-state index contributed by atoms with van der Waals surface area (Å²) >= 11 is 0. The van der Waals surface area contributed by atoms with Gasteiger partial charge in [-0.1, -0.05) is 0 Å². The van der Waals surface area contributed by atoms with E-state index < -0.39 is 41.7 Å². The van der Waals surface area contributed by atoms with Crippen LogP contribution in [0.4, 0.5) is 32.2 Å². The standard InChI is InChI=1S/C26H32F6N6O2/c27-25(28,29)14-33-21-13-18(26(30,31)32)22-19(35-21)1-2-20(36-22)23(39)34-17-3-7-37(8-4-17)11-12-38-9-5-24(6-10-38)15-40-16-24/h1-2,13,17H,3-12,14-16H2,(H,33,35)(H,34,39). The Labute approximate surface area is 227 Å². The molecule has 3 aliphatic rings. The van der Waals surface area contributed by atoms with Crippen LogP contribution in [0.1, 0.15) is 41.7 Å². The van der Waals surface area contributed by atoms with Gasteiger partial charge in [-0.25, -0.2) is 9.97 Å². The van der Waals surface area contributed by atoms with Crippen molar-refractivity contribution in [1.29, 1.82) is 0 Å². The number of alkyl halides is 6. The first kappa shape index (κ1) is 28.8. The summed E-state index contributed by atoms with van der Waals surface area (Å²) in [6.07, 6.45) is -5.76. The number of aromatic nitrogens is 2. The maximum Gasteiger partial charge on any atom is 0.418 e. The van der Waals surface area contributed by atoms with Gasteiger partial charge in [-0.3, -0.25) is 4.79 Å². The Morgan fingerprint density at radius 1 is 0.975 bits per heavy atom. The molecule has 40 heavy (non-hydrogen) atoms. The highest BCUT2D eigenvalue weighted by Crippen LogP contribution is 2.38. The number of hydrogen-bond donors (Lipinski definition) is 2. The van der Waals surface area contributed by atoms with Crippen LogP contribution in [-0.4, -0.2) is 96.9 Å². The van der Waals surface area contributed by atoms with E-state index >= 15 is 0 Å². The maximum atomic E-state index is 13.7. The van der Waals surface area contributed by atoms with E-state index in [-0.39, 0.29) is 17.3 Å². The van der Waals surface area contributed by atoms with Crippen LogP contribution >= 0.6 is 0 Å². The third-order valence-electron chi connectivity index (χ3n) is 8.05. The largest absolute Gasteiger partial charge is 0.418 e. The monoisotopic (exact) mass is 574 g/mol. The average Bonchev–Trinajstić information content (AvgIpc) is 2.89. The number of ether oxygens (including phenoxy) is 1. The number of pyridine rings is 2. The second-order valence-electron chi connectivity index (χ2n) is 11.0. The molecule has 0 aromatic carbocycles. The van der Waals surface area contributed by atoms with Crippen molar-refractivity contribution in [2.45, 2.75) is 44.1 Å². The van der Waals surface area contributed by atoms with Crippen molar-refractivity contribution in [3.63, 3.8) is 0 Å². The molecule has 0 saturated carbocycles. The van der Waals surface area contributed by atoms with Gasteiger partial charge < -0.3 is 25.2 Å². The van der Waals surface area contributed by atoms with Crippen molar-refractivity contribution in [2.75, 3.05) is 64.3 Å². The molecule has 8 nitrogen and oxygen atoms in total. The van der Waals surface area contributed by atoms with Crippen molar-refractivity contribution in [3.8, 4) is 0 Å². The highest BCUT2D eigenvalue weighted by molar-refractivity contribution is 5.95. The van der Waals surface area contributed by atoms with Gasteiger partial charge in [0.05, 0.1) is 24.3 Å². The molecule has 14 heteroatoms. The van der Waals surface area contributed by atoms with Crippen molar-refractivity contribution in [1.82, 2.24) is 25.1 Å². The molecule has 1 spiro atoms. The lowest BCUT2D eigenvalue weighted by Gasteiger charge is -2.47. The van der Waals surface area contributed by atoms with Crippen molar-refractivity contribution in [3.05, 3.63) is 29.5 Å². The van der Waals surface area contributed by atoms with E-state index in [2.05, 4.69) is 25.1 Å². The molecule has 0 radical (unpaired) electrons. The molecule has 2 aromatic heterocycles. The predicted molar refractivity (Wildman–Crippen MR) is 135 cm³/mol. The molecular weight excluding hydrogens is 542 g/mol. The summed E-state index contributed by atoms with van der Waals surface area (Å²) in [5.41, 5.74) is -1.93. The third-order valence-corrected chi connectivity index (χ3v) is 8.05. The van der Waals surface area contributed by atoms with Gasteiger partial charge in [0.1, 0.15) is 23.6 Å². The van der Waals surface area contributed by atoms with E-state index in [1.54, 1.807) is 0 Å². The normalized spacial score (nSPS) is 20.9. The van der Waals surface area contributed by atoms with Gasteiger partial charge in [0, 0.05) is 37.6 Å². The van der Waals surface area contributed by atoms with Gasteiger partial charge in [-0.15, -0.1) is 0 Å². The Balaban J connectivity index is 1.15. The number of likely N-dealkylation sites (tertiary alicyclic amines) is 2. The van der Waals surface area contributed by atoms with E-state index in [0.29, 0.717) is 24.3 Å². The van der Waals surface area contributed by atoms with E-state index in [0.717, 1.165) is 58.5 Å². The molecule has 3 aliphatic heterocycles. The number of hydrogen-bond acceptors (Lipinski definition) is 7. The lowest BCUT2D eigenvalue weighted by Crippen LogP contribution is -2.52. The Bertz CT molecular complexity index is 1200. The number of carbonyl (C=O) groups excluding carboxylic acids is 1. The van der Waals surface area contributed by atoms with Crippen LogP contribution in [-0.2, 0) is 10.9 Å². The Kier molecular flexibility index (Phi) is 8.13. The number of anilines is 1. The molecule has 220 valence electrons. The summed E-state index contributed by atoms with van der Waals surface area (Å²) in [5, 5.41) is 4.73. The van der Waals surface area contributed by atoms with Crippen molar-refractivity contribution >= 4 is 22.8 Å². The molecule has 2 N–H and O–H groups in total. The molecule has 0 atom stereocenters. The highest BCUT2D eigenvalue weighted by Gasteiger charge is 2.41. The Hall–Kier alpha value is -2.71. The first-order valence-corrected chi connectivity index (χ1v) is 13.4. The summed E-state index contributed by atoms with van der Waals surface area (Å²) in [5.74, 6) is -1.19. The minimum atomic E-state index is -4.91. The quantitative estimate of drug-likeness (QED) is 0.485. The number of rotatable bonds is 7. The zero-order valence-corrected chi connectivity index (χ0v) is 21.9. The summed E-state index contributed by atoms with van der Waals surface area (Å²) < 4.78 is 84.1. The smallest absolute Gasteiger partial charge is 0.380 e. The van der Waals surface area contributed by atoms with Crippen LogP contribution in [0.25, 0.3) is 11.0 Å². The van der Waals surface area contributed by atoms with Crippen LogP contribution in [0.3, 0.4) is 0 Å². The lowest BCUT2D eigenvalue weighted by atomic mass is 9.77. The fraction of sp³-hybridized carbons (Fsp3) is 0.654. The zero-order valence-electron chi connectivity index (χ0n) is 21.9. The number of amides is 1. The van der Waals surface area contributed by atoms with E-state index in [1.165, 1.54) is 18.9 Å². The predicted octanol–water partition coefficient (Wildman–Crippen LogP) is 3.93. The topological polar surface area (TPSA) is 82.6 Å². The molecule has 5 rings (SSSR count). The third kappa shape index (κ3) is 6.95. The van der Waals surface area contributed by atoms with Crippen molar-refractivity contribution in [2.24, 2.45) is 5.41 Å². The summed E-state index contributed by atoms with van der Waals surface area (Å²) in [6, 6.07) is 2.73. The molecule has 3 fully saturated rings. The number of fused-ring (bicyclic) bond motifs is 1. The summed E-state index contributed by atoms with van der Waals surface area (Å²) in [4.78, 5) is 25.4. The number of nitrogens with one attached hydrogen (secondary N) is 2. The molecule has 0 aliphatic carbocycles. The van der Waals surface area contributed by atoms with Gasteiger partial charge in [0.25, 0.3) is 5.91 Å². The van der Waals surface area contributed by atoms with Crippen LogP contribution in [0, 0.1) is 5.41 Å². The maximum absolute atomic E-state index is 13.7. The van der Waals surface area contributed by atoms with E-state index in [1.807, 2.05) is 5.32 Å². The molecule has 0 bridgehead atoms.